The normalized spacial score (nSPS) is 12.5. The van der Waals surface area contributed by atoms with Crippen LogP contribution in [0.2, 0.25) is 0 Å². The fraction of sp³-hybridized carbons (Fsp3) is 0.940. The molecule has 0 aromatic rings. The zero-order chi connectivity index (χ0) is 52.9. The van der Waals surface area contributed by atoms with Crippen molar-refractivity contribution in [1.82, 2.24) is 5.32 Å². The topological polar surface area (TPSA) is 95.9 Å². The number of carbonyl (C=O) groups excluding carboxylic acids is 2. The highest BCUT2D eigenvalue weighted by molar-refractivity contribution is 5.76. The zero-order valence-electron chi connectivity index (χ0n) is 49.6. The highest BCUT2D eigenvalue weighted by Gasteiger charge is 2.20. The molecule has 0 bridgehead atoms. The molecule has 0 heterocycles. The molecule has 434 valence electrons. The molecule has 2 unspecified atom stereocenters. The van der Waals surface area contributed by atoms with Gasteiger partial charge in [-0.25, -0.2) is 0 Å². The van der Waals surface area contributed by atoms with E-state index in [9.17, 15) is 19.8 Å². The van der Waals surface area contributed by atoms with Crippen LogP contribution in [0, 0.1) is 0 Å². The second-order valence-corrected chi connectivity index (χ2v) is 23.2. The van der Waals surface area contributed by atoms with Crippen molar-refractivity contribution < 1.29 is 24.5 Å². The number of nitrogens with one attached hydrogen (secondary N) is 1. The van der Waals surface area contributed by atoms with Crippen LogP contribution in [0.4, 0.5) is 0 Å². The minimum Gasteiger partial charge on any atom is -0.466 e. The first-order valence-corrected chi connectivity index (χ1v) is 33.4. The van der Waals surface area contributed by atoms with Gasteiger partial charge in [-0.3, -0.25) is 9.59 Å². The van der Waals surface area contributed by atoms with Crippen molar-refractivity contribution in [3.63, 3.8) is 0 Å². The quantitative estimate of drug-likeness (QED) is 0.0320. The maximum absolute atomic E-state index is 12.5. The standard InChI is InChI=1S/C67H131NO5/c1-3-5-7-9-11-13-15-16-17-33-36-40-43-47-51-55-59-65(70)64(63-69)68-66(71)60-56-52-48-44-41-37-34-31-29-27-25-23-21-19-18-20-22-24-26-28-30-32-35-38-42-46-50-54-58-62-73-67(72)61-57-53-49-45-39-14-12-10-8-6-4-2/h18,20,64-65,69-70H,3-17,19,21-63H2,1-2H3,(H,68,71)/b20-18-. The summed E-state index contributed by atoms with van der Waals surface area (Å²) in [5, 5.41) is 23.3. The molecular weight excluding hydrogens is 899 g/mol. The average Bonchev–Trinajstić information content (AvgIpc) is 3.39. The summed E-state index contributed by atoms with van der Waals surface area (Å²) in [6.07, 6.45) is 76.8. The molecule has 0 radical (unpaired) electrons. The maximum Gasteiger partial charge on any atom is 0.305 e. The van der Waals surface area contributed by atoms with Gasteiger partial charge in [0.1, 0.15) is 0 Å². The Morgan fingerprint density at radius 2 is 0.644 bits per heavy atom. The number of hydrogen-bond acceptors (Lipinski definition) is 5. The number of unbranched alkanes of at least 4 members (excludes halogenated alkanes) is 50. The SMILES string of the molecule is CCCCCCCCCCCCCCCCCCC(O)C(CO)NC(=O)CCCCCCCCCCCCCCC/C=C\CCCCCCCCCCCCCCOC(=O)CCCCCCCCCCCCC. The Kier molecular flexibility index (Phi) is 61.9. The van der Waals surface area contributed by atoms with Crippen LogP contribution in [0.1, 0.15) is 380 Å². The van der Waals surface area contributed by atoms with Gasteiger partial charge in [-0.15, -0.1) is 0 Å². The predicted molar refractivity (Wildman–Crippen MR) is 320 cm³/mol. The number of rotatable bonds is 63. The Bertz CT molecular complexity index is 1100. The van der Waals surface area contributed by atoms with E-state index < -0.39 is 12.1 Å². The molecule has 3 N–H and O–H groups in total. The second-order valence-electron chi connectivity index (χ2n) is 23.2. The Balaban J connectivity index is 3.36. The minimum atomic E-state index is -0.663. The van der Waals surface area contributed by atoms with Gasteiger partial charge in [0.25, 0.3) is 0 Å². The monoisotopic (exact) mass is 1030 g/mol. The molecule has 0 saturated heterocycles. The van der Waals surface area contributed by atoms with E-state index in [1.54, 1.807) is 0 Å². The fourth-order valence-electron chi connectivity index (χ4n) is 10.7. The summed E-state index contributed by atoms with van der Waals surface area (Å²) in [4.78, 5) is 24.5. The van der Waals surface area contributed by atoms with Gasteiger partial charge in [0.05, 0.1) is 25.4 Å². The molecular formula is C67H131NO5. The number of amides is 1. The Labute approximate surface area is 457 Å². The van der Waals surface area contributed by atoms with Crippen molar-refractivity contribution in [2.75, 3.05) is 13.2 Å². The van der Waals surface area contributed by atoms with E-state index >= 15 is 0 Å². The second kappa shape index (κ2) is 63.1. The molecule has 0 aromatic carbocycles. The molecule has 1 amide bonds. The van der Waals surface area contributed by atoms with Crippen molar-refractivity contribution in [1.29, 1.82) is 0 Å². The first-order valence-electron chi connectivity index (χ1n) is 33.4. The maximum atomic E-state index is 12.5. The van der Waals surface area contributed by atoms with Crippen LogP contribution in [-0.2, 0) is 14.3 Å². The summed E-state index contributed by atoms with van der Waals surface area (Å²) in [5.74, 6) is -0.0139. The summed E-state index contributed by atoms with van der Waals surface area (Å²) in [7, 11) is 0. The lowest BCUT2D eigenvalue weighted by Gasteiger charge is -2.22. The first kappa shape index (κ1) is 71.6. The van der Waals surface area contributed by atoms with Gasteiger partial charge in [0, 0.05) is 12.8 Å². The lowest BCUT2D eigenvalue weighted by Crippen LogP contribution is -2.45. The van der Waals surface area contributed by atoms with Crippen LogP contribution in [0.5, 0.6) is 0 Å². The van der Waals surface area contributed by atoms with Gasteiger partial charge in [-0.2, -0.15) is 0 Å². The lowest BCUT2D eigenvalue weighted by molar-refractivity contribution is -0.143. The summed E-state index contributed by atoms with van der Waals surface area (Å²) >= 11 is 0. The zero-order valence-corrected chi connectivity index (χ0v) is 49.6. The van der Waals surface area contributed by atoms with Gasteiger partial charge < -0.3 is 20.3 Å². The van der Waals surface area contributed by atoms with Crippen LogP contribution in [-0.4, -0.2) is 47.4 Å². The third kappa shape index (κ3) is 59.7. The van der Waals surface area contributed by atoms with Gasteiger partial charge in [0.15, 0.2) is 0 Å². The Morgan fingerprint density at radius 3 is 0.973 bits per heavy atom. The third-order valence-electron chi connectivity index (χ3n) is 15.8. The van der Waals surface area contributed by atoms with Crippen LogP contribution < -0.4 is 5.32 Å². The number of hydrogen-bond donors (Lipinski definition) is 3. The Hall–Kier alpha value is -1.40. The first-order chi connectivity index (χ1) is 36.0. The molecule has 0 aliphatic carbocycles. The number of allylic oxidation sites excluding steroid dienone is 2. The number of ether oxygens (including phenoxy) is 1. The summed E-state index contributed by atoms with van der Waals surface area (Å²) in [6, 6.07) is -0.540. The molecule has 2 atom stereocenters. The van der Waals surface area contributed by atoms with E-state index in [0.29, 0.717) is 25.9 Å². The summed E-state index contributed by atoms with van der Waals surface area (Å²) in [5.41, 5.74) is 0. The molecule has 0 spiro atoms. The van der Waals surface area contributed by atoms with Crippen LogP contribution in [0.15, 0.2) is 12.2 Å². The average molecular weight is 1030 g/mol. The smallest absolute Gasteiger partial charge is 0.305 e. The van der Waals surface area contributed by atoms with Crippen LogP contribution in [0.25, 0.3) is 0 Å². The van der Waals surface area contributed by atoms with E-state index in [1.807, 2.05) is 0 Å². The molecule has 73 heavy (non-hydrogen) atoms. The van der Waals surface area contributed by atoms with Crippen molar-refractivity contribution >= 4 is 11.9 Å². The fourth-order valence-corrected chi connectivity index (χ4v) is 10.7. The molecule has 0 aromatic heterocycles. The van der Waals surface area contributed by atoms with Crippen molar-refractivity contribution in [2.45, 2.75) is 392 Å². The number of aliphatic hydroxyl groups excluding tert-OH is 2. The largest absolute Gasteiger partial charge is 0.466 e. The van der Waals surface area contributed by atoms with Gasteiger partial charge in [-0.1, -0.05) is 328 Å². The Morgan fingerprint density at radius 1 is 0.370 bits per heavy atom. The molecule has 0 rings (SSSR count). The number of carbonyl (C=O) groups is 2. The van der Waals surface area contributed by atoms with Gasteiger partial charge >= 0.3 is 5.97 Å². The van der Waals surface area contributed by atoms with Crippen molar-refractivity contribution in [3.8, 4) is 0 Å². The molecule has 6 nitrogen and oxygen atoms in total. The predicted octanol–water partition coefficient (Wildman–Crippen LogP) is 21.2. The van der Waals surface area contributed by atoms with Crippen molar-refractivity contribution in [2.24, 2.45) is 0 Å². The van der Waals surface area contributed by atoms with E-state index in [-0.39, 0.29) is 18.5 Å². The number of aliphatic hydroxyl groups is 2. The highest BCUT2D eigenvalue weighted by Crippen LogP contribution is 2.19. The molecule has 0 fully saturated rings. The van der Waals surface area contributed by atoms with Crippen LogP contribution >= 0.6 is 0 Å². The molecule has 0 saturated carbocycles. The van der Waals surface area contributed by atoms with Gasteiger partial charge in [0.2, 0.25) is 5.91 Å². The highest BCUT2D eigenvalue weighted by atomic mass is 16.5. The minimum absolute atomic E-state index is 0.0169. The van der Waals surface area contributed by atoms with E-state index in [4.69, 9.17) is 4.74 Å². The summed E-state index contributed by atoms with van der Waals surface area (Å²) < 4.78 is 5.47. The van der Waals surface area contributed by atoms with E-state index in [2.05, 4.69) is 31.3 Å². The molecule has 0 aliphatic heterocycles. The third-order valence-corrected chi connectivity index (χ3v) is 15.8. The van der Waals surface area contributed by atoms with Crippen molar-refractivity contribution in [3.05, 3.63) is 12.2 Å². The van der Waals surface area contributed by atoms with Gasteiger partial charge in [-0.05, 0) is 51.4 Å². The molecule has 0 aliphatic rings. The van der Waals surface area contributed by atoms with E-state index in [0.717, 1.165) is 38.5 Å². The number of esters is 1. The van der Waals surface area contributed by atoms with E-state index in [1.165, 1.54) is 308 Å². The van der Waals surface area contributed by atoms with Crippen LogP contribution in [0.3, 0.4) is 0 Å². The molecule has 6 heteroatoms. The summed E-state index contributed by atoms with van der Waals surface area (Å²) in [6.45, 7) is 4.98. The lowest BCUT2D eigenvalue weighted by atomic mass is 10.0.